The molecule has 0 atom stereocenters. The molecule has 0 unspecified atom stereocenters. The average molecular weight is 449 g/mol. The van der Waals surface area contributed by atoms with E-state index in [4.69, 9.17) is 4.98 Å². The number of thioether (sulfide) groups is 1. The Kier molecular flexibility index (Phi) is 5.03. The summed E-state index contributed by atoms with van der Waals surface area (Å²) in [4.78, 5) is 9.74. The summed E-state index contributed by atoms with van der Waals surface area (Å²) >= 11 is 4.82. The summed E-state index contributed by atoms with van der Waals surface area (Å²) in [6.45, 7) is 0. The lowest BCUT2D eigenvalue weighted by Gasteiger charge is -2.08. The smallest absolute Gasteiger partial charge is 0.179 e. The van der Waals surface area contributed by atoms with Gasteiger partial charge in [0, 0.05) is 21.5 Å². The fraction of sp³-hybridized carbons (Fsp3) is 0.263. The molecule has 1 fully saturated rings. The highest BCUT2D eigenvalue weighted by Crippen LogP contribution is 2.39. The van der Waals surface area contributed by atoms with Crippen LogP contribution >= 0.6 is 27.7 Å². The first-order valence-electron chi connectivity index (χ1n) is 8.41. The highest BCUT2D eigenvalue weighted by atomic mass is 79.9. The number of sulfone groups is 1. The number of rotatable bonds is 6. The lowest BCUT2D eigenvalue weighted by atomic mass is 10.2. The molecular weight excluding hydrogens is 432 g/mol. The number of halogens is 1. The molecule has 0 aliphatic heterocycles. The van der Waals surface area contributed by atoms with Crippen LogP contribution in [-0.2, 0) is 9.84 Å². The Bertz CT molecular complexity index is 1050. The van der Waals surface area contributed by atoms with Crippen molar-refractivity contribution < 1.29 is 8.42 Å². The fourth-order valence-electron chi connectivity index (χ4n) is 2.71. The topological polar surface area (TPSA) is 59.9 Å². The van der Waals surface area contributed by atoms with Crippen LogP contribution in [0.1, 0.15) is 24.6 Å². The van der Waals surface area contributed by atoms with Crippen LogP contribution in [0.4, 0.5) is 0 Å². The number of hydrogen-bond donors (Lipinski definition) is 0. The van der Waals surface area contributed by atoms with Crippen molar-refractivity contribution in [1.29, 1.82) is 0 Å². The zero-order chi connectivity index (χ0) is 18.1. The molecule has 26 heavy (non-hydrogen) atoms. The Labute approximate surface area is 165 Å². The molecule has 0 amide bonds. The van der Waals surface area contributed by atoms with Gasteiger partial charge in [0.15, 0.2) is 9.84 Å². The van der Waals surface area contributed by atoms with Gasteiger partial charge in [0.05, 0.1) is 16.2 Å². The minimum atomic E-state index is -3.30. The molecule has 2 aromatic carbocycles. The zero-order valence-electron chi connectivity index (χ0n) is 13.9. The molecule has 1 aliphatic rings. The van der Waals surface area contributed by atoms with Gasteiger partial charge in [-0.3, -0.25) is 0 Å². The fourth-order valence-corrected chi connectivity index (χ4v) is 5.65. The van der Waals surface area contributed by atoms with E-state index in [1.54, 1.807) is 24.3 Å². The molecule has 0 bridgehead atoms. The molecule has 134 valence electrons. The first-order chi connectivity index (χ1) is 12.5. The molecular formula is C19H17BrN2O2S2. The third-order valence-electron chi connectivity index (χ3n) is 4.29. The van der Waals surface area contributed by atoms with E-state index in [2.05, 4.69) is 20.9 Å². The monoisotopic (exact) mass is 448 g/mol. The van der Waals surface area contributed by atoms with E-state index >= 15 is 0 Å². The lowest BCUT2D eigenvalue weighted by Crippen LogP contribution is -2.09. The second-order valence-electron chi connectivity index (χ2n) is 6.30. The largest absolute Gasteiger partial charge is 0.233 e. The summed E-state index contributed by atoms with van der Waals surface area (Å²) in [5.41, 5.74) is 0.933. The summed E-state index contributed by atoms with van der Waals surface area (Å²) in [6, 6.07) is 14.7. The van der Waals surface area contributed by atoms with E-state index in [9.17, 15) is 8.42 Å². The van der Waals surface area contributed by atoms with Crippen LogP contribution < -0.4 is 0 Å². The molecule has 0 N–H and O–H groups in total. The van der Waals surface area contributed by atoms with Crippen LogP contribution in [0.3, 0.4) is 0 Å². The molecule has 1 aliphatic carbocycles. The molecule has 7 heteroatoms. The van der Waals surface area contributed by atoms with E-state index in [-0.39, 0.29) is 5.75 Å². The van der Waals surface area contributed by atoms with Crippen molar-refractivity contribution in [3.8, 4) is 0 Å². The van der Waals surface area contributed by atoms with Crippen molar-refractivity contribution in [2.45, 2.75) is 28.7 Å². The van der Waals surface area contributed by atoms with Gasteiger partial charge in [-0.1, -0.05) is 34.1 Å². The van der Waals surface area contributed by atoms with E-state index < -0.39 is 9.84 Å². The normalized spacial score (nSPS) is 14.7. The predicted octanol–water partition coefficient (Wildman–Crippen LogP) is 4.84. The Hall–Kier alpha value is -1.44. The molecule has 1 heterocycles. The maximum atomic E-state index is 12.5. The Morgan fingerprint density at radius 3 is 2.50 bits per heavy atom. The van der Waals surface area contributed by atoms with Crippen LogP contribution in [0.2, 0.25) is 0 Å². The van der Waals surface area contributed by atoms with Gasteiger partial charge in [-0.25, -0.2) is 18.4 Å². The number of para-hydroxylation sites is 1. The summed E-state index contributed by atoms with van der Waals surface area (Å²) in [7, 11) is -3.30. The molecule has 1 saturated carbocycles. The van der Waals surface area contributed by atoms with Crippen LogP contribution in [-0.4, -0.2) is 29.9 Å². The van der Waals surface area contributed by atoms with E-state index in [0.29, 0.717) is 16.6 Å². The minimum Gasteiger partial charge on any atom is -0.233 e. The molecule has 1 aromatic heterocycles. The first-order valence-corrected chi connectivity index (χ1v) is 11.8. The highest BCUT2D eigenvalue weighted by molar-refractivity contribution is 9.10. The Morgan fingerprint density at radius 1 is 1.04 bits per heavy atom. The van der Waals surface area contributed by atoms with Crippen molar-refractivity contribution in [1.82, 2.24) is 9.97 Å². The summed E-state index contributed by atoms with van der Waals surface area (Å²) < 4.78 is 25.9. The van der Waals surface area contributed by atoms with Gasteiger partial charge in [0.1, 0.15) is 10.9 Å². The minimum absolute atomic E-state index is 0.0798. The number of fused-ring (bicyclic) bond motifs is 1. The maximum Gasteiger partial charge on any atom is 0.179 e. The summed E-state index contributed by atoms with van der Waals surface area (Å²) in [5.74, 6) is 1.90. The molecule has 4 rings (SSSR count). The van der Waals surface area contributed by atoms with Crippen LogP contribution in [0.25, 0.3) is 10.9 Å². The number of nitrogens with zero attached hydrogens (tertiary/aromatic N) is 2. The van der Waals surface area contributed by atoms with Crippen molar-refractivity contribution >= 4 is 48.4 Å². The van der Waals surface area contributed by atoms with Gasteiger partial charge < -0.3 is 0 Å². The first kappa shape index (κ1) is 17.9. The third kappa shape index (κ3) is 3.94. The molecule has 4 nitrogen and oxygen atoms in total. The van der Waals surface area contributed by atoms with Crippen molar-refractivity contribution in [3.63, 3.8) is 0 Å². The quantitative estimate of drug-likeness (QED) is 0.398. The van der Waals surface area contributed by atoms with Gasteiger partial charge >= 0.3 is 0 Å². The van der Waals surface area contributed by atoms with E-state index in [0.717, 1.165) is 39.1 Å². The lowest BCUT2D eigenvalue weighted by molar-refractivity contribution is 0.597. The average Bonchev–Trinajstić information content (AvgIpc) is 3.47. The standard InChI is InChI=1S/C19H17BrN2O2S2/c20-14-7-9-15(10-8-14)26(23,24)12-11-25-19-16-3-1-2-4-17(16)21-18(22-19)13-5-6-13/h1-4,7-10,13H,5-6,11-12H2. The third-order valence-corrected chi connectivity index (χ3v) is 7.80. The molecule has 0 radical (unpaired) electrons. The molecule has 3 aromatic rings. The van der Waals surface area contributed by atoms with Crippen molar-refractivity contribution in [3.05, 3.63) is 58.8 Å². The summed E-state index contributed by atoms with van der Waals surface area (Å²) in [6.07, 6.45) is 2.28. The van der Waals surface area contributed by atoms with Gasteiger partial charge in [-0.05, 0) is 43.2 Å². The Morgan fingerprint density at radius 2 is 1.77 bits per heavy atom. The van der Waals surface area contributed by atoms with Crippen LogP contribution in [0.5, 0.6) is 0 Å². The van der Waals surface area contributed by atoms with Gasteiger partial charge in [0.25, 0.3) is 0 Å². The van der Waals surface area contributed by atoms with Crippen molar-refractivity contribution in [2.24, 2.45) is 0 Å². The number of hydrogen-bond acceptors (Lipinski definition) is 5. The SMILES string of the molecule is O=S(=O)(CCSc1nc(C2CC2)nc2ccccc12)c1ccc(Br)cc1. The summed E-state index contributed by atoms with van der Waals surface area (Å²) in [5, 5.41) is 1.87. The molecule has 0 spiro atoms. The second-order valence-corrected chi connectivity index (χ2v) is 10.4. The van der Waals surface area contributed by atoms with Crippen molar-refractivity contribution in [2.75, 3.05) is 11.5 Å². The zero-order valence-corrected chi connectivity index (χ0v) is 17.1. The maximum absolute atomic E-state index is 12.5. The number of benzene rings is 2. The Balaban J connectivity index is 1.53. The van der Waals surface area contributed by atoms with Gasteiger partial charge in [0.2, 0.25) is 0 Å². The van der Waals surface area contributed by atoms with Crippen LogP contribution in [0, 0.1) is 0 Å². The molecule has 0 saturated heterocycles. The van der Waals surface area contributed by atoms with E-state index in [1.165, 1.54) is 11.8 Å². The second kappa shape index (κ2) is 7.29. The van der Waals surface area contributed by atoms with E-state index in [1.807, 2.05) is 24.3 Å². The van der Waals surface area contributed by atoms with Gasteiger partial charge in [-0.2, -0.15) is 0 Å². The number of aromatic nitrogens is 2. The predicted molar refractivity (Wildman–Crippen MR) is 108 cm³/mol. The van der Waals surface area contributed by atoms with Gasteiger partial charge in [-0.15, -0.1) is 11.8 Å². The highest BCUT2D eigenvalue weighted by Gasteiger charge is 2.27. The van der Waals surface area contributed by atoms with Crippen LogP contribution in [0.15, 0.2) is 62.9 Å².